The van der Waals surface area contributed by atoms with Crippen LogP contribution in [0.25, 0.3) is 0 Å². The van der Waals surface area contributed by atoms with E-state index in [0.29, 0.717) is 12.0 Å². The number of hydrogen-bond acceptors (Lipinski definition) is 2. The molecule has 0 aliphatic heterocycles. The maximum Gasteiger partial charge on any atom is 0.0362 e. The molecule has 3 atom stereocenters. The molecule has 0 amide bonds. The lowest BCUT2D eigenvalue weighted by molar-refractivity contribution is -0.0308. The normalized spacial score (nSPS) is 33.7. The van der Waals surface area contributed by atoms with E-state index in [2.05, 4.69) is 46.4 Å². The third-order valence-electron chi connectivity index (χ3n) is 4.82. The van der Waals surface area contributed by atoms with Crippen molar-refractivity contribution in [3.8, 4) is 0 Å². The van der Waals surface area contributed by atoms with E-state index >= 15 is 0 Å². The van der Waals surface area contributed by atoms with Crippen molar-refractivity contribution < 1.29 is 0 Å². The molecule has 0 aromatic carbocycles. The third-order valence-corrected chi connectivity index (χ3v) is 4.82. The molecule has 0 heterocycles. The van der Waals surface area contributed by atoms with Gasteiger partial charge in [-0.2, -0.15) is 0 Å². The minimum absolute atomic E-state index is 0.232. The summed E-state index contributed by atoms with van der Waals surface area (Å²) in [7, 11) is 0. The summed E-state index contributed by atoms with van der Waals surface area (Å²) in [6.07, 6.45) is 3.98. The van der Waals surface area contributed by atoms with Gasteiger partial charge in [0, 0.05) is 24.7 Å². The van der Waals surface area contributed by atoms with E-state index in [1.807, 2.05) is 0 Å². The Morgan fingerprint density at radius 3 is 2.22 bits per heavy atom. The zero-order valence-electron chi connectivity index (χ0n) is 13.4. The van der Waals surface area contributed by atoms with Gasteiger partial charge in [0.2, 0.25) is 0 Å². The predicted octanol–water partition coefficient (Wildman–Crippen LogP) is 3.51. The topological polar surface area (TPSA) is 29.3 Å². The van der Waals surface area contributed by atoms with Crippen LogP contribution in [-0.2, 0) is 0 Å². The molecule has 1 aliphatic carbocycles. The highest BCUT2D eigenvalue weighted by molar-refractivity contribution is 5.01. The van der Waals surface area contributed by atoms with Crippen molar-refractivity contribution in [2.24, 2.45) is 23.5 Å². The van der Waals surface area contributed by atoms with Gasteiger partial charge in [-0.3, -0.25) is 4.90 Å². The van der Waals surface area contributed by atoms with Crippen LogP contribution in [0, 0.1) is 17.8 Å². The van der Waals surface area contributed by atoms with Gasteiger partial charge < -0.3 is 5.73 Å². The zero-order chi connectivity index (χ0) is 13.9. The Morgan fingerprint density at radius 2 is 1.78 bits per heavy atom. The Labute approximate surface area is 114 Å². The van der Waals surface area contributed by atoms with E-state index in [-0.39, 0.29) is 5.54 Å². The van der Waals surface area contributed by atoms with Crippen LogP contribution in [0.2, 0.25) is 0 Å². The van der Waals surface area contributed by atoms with E-state index in [9.17, 15) is 0 Å². The van der Waals surface area contributed by atoms with Crippen molar-refractivity contribution in [1.82, 2.24) is 4.90 Å². The number of hydrogen-bond donors (Lipinski definition) is 1. The first kappa shape index (κ1) is 16.0. The van der Waals surface area contributed by atoms with Crippen LogP contribution in [0.5, 0.6) is 0 Å². The highest BCUT2D eigenvalue weighted by Gasteiger charge is 2.44. The van der Waals surface area contributed by atoms with Crippen LogP contribution in [0.15, 0.2) is 0 Å². The van der Waals surface area contributed by atoms with Gasteiger partial charge in [0.25, 0.3) is 0 Å². The molecule has 2 heteroatoms. The second-order valence-electron chi connectivity index (χ2n) is 7.24. The summed E-state index contributed by atoms with van der Waals surface area (Å²) in [5.74, 6) is 2.25. The molecule has 3 unspecified atom stereocenters. The average molecular weight is 254 g/mol. The van der Waals surface area contributed by atoms with Gasteiger partial charge in [-0.05, 0) is 44.4 Å². The summed E-state index contributed by atoms with van der Waals surface area (Å²) in [5.41, 5.74) is 6.50. The highest BCUT2D eigenvalue weighted by Crippen LogP contribution is 2.41. The monoisotopic (exact) mass is 254 g/mol. The second-order valence-corrected chi connectivity index (χ2v) is 7.24. The highest BCUT2D eigenvalue weighted by atomic mass is 15.2. The minimum atomic E-state index is 0.232. The summed E-state index contributed by atoms with van der Waals surface area (Å²) < 4.78 is 0. The van der Waals surface area contributed by atoms with Crippen molar-refractivity contribution in [3.63, 3.8) is 0 Å². The molecule has 0 bridgehead atoms. The molecule has 2 N–H and O–H groups in total. The van der Waals surface area contributed by atoms with Gasteiger partial charge in [0.05, 0.1) is 0 Å². The quantitative estimate of drug-likeness (QED) is 0.813. The SMILES string of the molecule is CC(C)CN(C(C)C)C1(CN)CC(C)CCC1C. The standard InChI is InChI=1S/C16H34N2/c1-12(2)10-18(13(3)4)16(11-17)9-14(5)7-8-15(16)6/h12-15H,7-11,17H2,1-6H3. The molecule has 0 aromatic rings. The van der Waals surface area contributed by atoms with Crippen molar-refractivity contribution in [1.29, 1.82) is 0 Å². The van der Waals surface area contributed by atoms with E-state index in [4.69, 9.17) is 5.73 Å². The maximum atomic E-state index is 6.26. The van der Waals surface area contributed by atoms with Crippen LogP contribution in [0.1, 0.15) is 60.8 Å². The number of nitrogens with zero attached hydrogens (tertiary/aromatic N) is 1. The summed E-state index contributed by atoms with van der Waals surface area (Å²) in [5, 5.41) is 0. The van der Waals surface area contributed by atoms with Crippen molar-refractivity contribution in [2.75, 3.05) is 13.1 Å². The summed E-state index contributed by atoms with van der Waals surface area (Å²) in [6.45, 7) is 16.1. The van der Waals surface area contributed by atoms with Gasteiger partial charge in [0.15, 0.2) is 0 Å². The van der Waals surface area contributed by atoms with Gasteiger partial charge in [-0.25, -0.2) is 0 Å². The van der Waals surface area contributed by atoms with E-state index in [1.165, 1.54) is 25.8 Å². The van der Waals surface area contributed by atoms with Crippen molar-refractivity contribution >= 4 is 0 Å². The Hall–Kier alpha value is -0.0800. The fourth-order valence-electron chi connectivity index (χ4n) is 3.81. The van der Waals surface area contributed by atoms with E-state index in [0.717, 1.165) is 18.4 Å². The molecular formula is C16H34N2. The number of rotatable bonds is 5. The summed E-state index contributed by atoms with van der Waals surface area (Å²) in [6, 6.07) is 0.587. The van der Waals surface area contributed by atoms with Gasteiger partial charge in [0.1, 0.15) is 0 Å². The molecule has 0 radical (unpaired) electrons. The Morgan fingerprint density at radius 1 is 1.17 bits per heavy atom. The molecule has 1 saturated carbocycles. The predicted molar refractivity (Wildman–Crippen MR) is 80.6 cm³/mol. The van der Waals surface area contributed by atoms with Crippen molar-refractivity contribution in [3.05, 3.63) is 0 Å². The van der Waals surface area contributed by atoms with Crippen LogP contribution < -0.4 is 5.73 Å². The Balaban J connectivity index is 3.00. The van der Waals surface area contributed by atoms with Gasteiger partial charge in [-0.15, -0.1) is 0 Å². The fraction of sp³-hybridized carbons (Fsp3) is 1.00. The zero-order valence-corrected chi connectivity index (χ0v) is 13.4. The van der Waals surface area contributed by atoms with Crippen molar-refractivity contribution in [2.45, 2.75) is 72.4 Å². The molecular weight excluding hydrogens is 220 g/mol. The van der Waals surface area contributed by atoms with Crippen LogP contribution in [0.3, 0.4) is 0 Å². The molecule has 1 fully saturated rings. The maximum absolute atomic E-state index is 6.26. The van der Waals surface area contributed by atoms with E-state index < -0.39 is 0 Å². The first-order chi connectivity index (χ1) is 8.33. The molecule has 0 saturated heterocycles. The van der Waals surface area contributed by atoms with Gasteiger partial charge in [-0.1, -0.05) is 34.1 Å². The van der Waals surface area contributed by atoms with Gasteiger partial charge >= 0.3 is 0 Å². The first-order valence-corrected chi connectivity index (χ1v) is 7.80. The van der Waals surface area contributed by atoms with Crippen LogP contribution >= 0.6 is 0 Å². The Kier molecular flexibility index (Phi) is 5.67. The van der Waals surface area contributed by atoms with E-state index in [1.54, 1.807) is 0 Å². The lowest BCUT2D eigenvalue weighted by atomic mass is 9.68. The third kappa shape index (κ3) is 3.27. The average Bonchev–Trinajstić information content (AvgIpc) is 2.29. The molecule has 0 spiro atoms. The fourth-order valence-corrected chi connectivity index (χ4v) is 3.81. The molecule has 1 aliphatic rings. The molecule has 0 aromatic heterocycles. The lowest BCUT2D eigenvalue weighted by Crippen LogP contribution is -2.63. The second kappa shape index (κ2) is 6.38. The smallest absolute Gasteiger partial charge is 0.0362 e. The van der Waals surface area contributed by atoms with Crippen LogP contribution in [-0.4, -0.2) is 29.6 Å². The largest absolute Gasteiger partial charge is 0.329 e. The number of nitrogens with two attached hydrogens (primary N) is 1. The van der Waals surface area contributed by atoms with Crippen LogP contribution in [0.4, 0.5) is 0 Å². The Bertz CT molecular complexity index is 249. The molecule has 18 heavy (non-hydrogen) atoms. The first-order valence-electron chi connectivity index (χ1n) is 7.80. The minimum Gasteiger partial charge on any atom is -0.329 e. The molecule has 2 nitrogen and oxygen atoms in total. The molecule has 1 rings (SSSR count). The summed E-state index contributed by atoms with van der Waals surface area (Å²) in [4.78, 5) is 2.71. The molecule has 108 valence electrons. The summed E-state index contributed by atoms with van der Waals surface area (Å²) >= 11 is 0. The lowest BCUT2D eigenvalue weighted by Gasteiger charge is -2.54.